The number of fused-ring (bicyclic) bond motifs is 1. The highest BCUT2D eigenvalue weighted by Gasteiger charge is 2.69. The quantitative estimate of drug-likeness (QED) is 0.421. The van der Waals surface area contributed by atoms with Gasteiger partial charge in [-0.1, -0.05) is 6.07 Å². The van der Waals surface area contributed by atoms with E-state index in [2.05, 4.69) is 15.2 Å². The Hall–Kier alpha value is -4.06. The zero-order valence-corrected chi connectivity index (χ0v) is 25.9. The molecule has 2 amide bonds. The summed E-state index contributed by atoms with van der Waals surface area (Å²) >= 11 is 0. The highest BCUT2D eigenvalue weighted by Crippen LogP contribution is 2.69. The van der Waals surface area contributed by atoms with Crippen molar-refractivity contribution in [2.24, 2.45) is 5.41 Å². The van der Waals surface area contributed by atoms with Crippen LogP contribution in [0.1, 0.15) is 58.6 Å². The molecule has 1 atom stereocenters. The first-order valence-corrected chi connectivity index (χ1v) is 15.6. The molecule has 5 aliphatic rings. The molecule has 3 aliphatic carbocycles. The fourth-order valence-electron chi connectivity index (χ4n) is 7.41. The number of anilines is 2. The molecule has 0 radical (unpaired) electrons. The van der Waals surface area contributed by atoms with Crippen LogP contribution in [0.3, 0.4) is 0 Å². The fraction of sp³-hybridized carbons (Fsp3) is 0.545. The van der Waals surface area contributed by atoms with Gasteiger partial charge in [-0.2, -0.15) is 0 Å². The molecule has 45 heavy (non-hydrogen) atoms. The molecular weight excluding hydrogens is 579 g/mol. The lowest BCUT2D eigenvalue weighted by Crippen LogP contribution is -2.69. The number of ether oxygens (including phenoxy) is 2. The van der Waals surface area contributed by atoms with Crippen LogP contribution in [-0.2, 0) is 19.7 Å². The van der Waals surface area contributed by atoms with E-state index in [4.69, 9.17) is 14.5 Å². The van der Waals surface area contributed by atoms with Crippen LogP contribution in [0.5, 0.6) is 0 Å². The van der Waals surface area contributed by atoms with Crippen LogP contribution in [0.4, 0.5) is 20.7 Å². The maximum atomic E-state index is 14.3. The number of nitrogens with one attached hydrogen (secondary N) is 1. The largest absolute Gasteiger partial charge is 0.444 e. The Morgan fingerprint density at radius 1 is 1.18 bits per heavy atom. The van der Waals surface area contributed by atoms with Crippen LogP contribution >= 0.6 is 0 Å². The number of amides is 2. The van der Waals surface area contributed by atoms with Crippen molar-refractivity contribution < 1.29 is 23.5 Å². The van der Waals surface area contributed by atoms with Crippen molar-refractivity contribution >= 4 is 29.2 Å². The normalized spacial score (nSPS) is 26.7. The molecule has 2 saturated heterocycles. The SMILES string of the molecule is CC(C)(C)OC(=O)N(CC12CC(F)(C1)C2)[C@@H]1CCCN(c2ccc(C3(C(=O)Nc4cc(=O)n5ccccc5n4)COC3)nc2)C1. The lowest BCUT2D eigenvalue weighted by atomic mass is 9.42. The second-order valence-corrected chi connectivity index (χ2v) is 14.4. The number of hydrogen-bond donors (Lipinski definition) is 1. The van der Waals surface area contributed by atoms with Gasteiger partial charge in [0.1, 0.15) is 28.1 Å². The predicted molar refractivity (Wildman–Crippen MR) is 165 cm³/mol. The van der Waals surface area contributed by atoms with Crippen LogP contribution in [0.15, 0.2) is 53.6 Å². The Kier molecular flexibility index (Phi) is 6.92. The summed E-state index contributed by atoms with van der Waals surface area (Å²) in [5.41, 5.74) is -1.20. The number of rotatable bonds is 7. The first kappa shape index (κ1) is 29.6. The van der Waals surface area contributed by atoms with Crippen molar-refractivity contribution in [1.82, 2.24) is 19.3 Å². The van der Waals surface area contributed by atoms with Gasteiger partial charge in [-0.15, -0.1) is 0 Å². The number of halogens is 1. The molecule has 2 aliphatic heterocycles. The molecule has 2 bridgehead atoms. The molecule has 5 heterocycles. The van der Waals surface area contributed by atoms with Crippen LogP contribution < -0.4 is 15.8 Å². The first-order chi connectivity index (χ1) is 21.4. The van der Waals surface area contributed by atoms with E-state index in [-0.39, 0.29) is 48.0 Å². The summed E-state index contributed by atoms with van der Waals surface area (Å²) in [4.78, 5) is 52.6. The van der Waals surface area contributed by atoms with Gasteiger partial charge in [0.25, 0.3) is 5.56 Å². The standard InChI is InChI=1S/C33H39FN6O5/c1-30(2,3)45-29(43)40(19-31-16-32(34,17-31)18-31)23-7-6-11-38(15-23)22-9-10-24(35-14-22)33(20-44-21-33)28(42)37-25-13-27(41)39-12-5-4-8-26(39)36-25/h4-5,8-10,12-14,23H,6-7,11,15-21H2,1-3H3,(H,37,42)/t23-,31?,32?/m1/s1. The highest BCUT2D eigenvalue weighted by molar-refractivity contribution is 5.99. The van der Waals surface area contributed by atoms with E-state index < -0.39 is 16.7 Å². The topological polar surface area (TPSA) is 118 Å². The van der Waals surface area contributed by atoms with Crippen molar-refractivity contribution in [1.29, 1.82) is 0 Å². The van der Waals surface area contributed by atoms with Gasteiger partial charge in [-0.25, -0.2) is 14.2 Å². The van der Waals surface area contributed by atoms with Gasteiger partial charge in [0.15, 0.2) is 0 Å². The van der Waals surface area contributed by atoms with E-state index in [0.717, 1.165) is 25.1 Å². The summed E-state index contributed by atoms with van der Waals surface area (Å²) in [5, 5.41) is 2.81. The number of carbonyl (C=O) groups excluding carboxylic acids is 2. The molecule has 11 nitrogen and oxygen atoms in total. The van der Waals surface area contributed by atoms with Gasteiger partial charge in [0.2, 0.25) is 5.91 Å². The zero-order chi connectivity index (χ0) is 31.6. The van der Waals surface area contributed by atoms with Crippen LogP contribution in [0, 0.1) is 5.41 Å². The molecule has 8 rings (SSSR count). The van der Waals surface area contributed by atoms with Crippen molar-refractivity contribution in [3.8, 4) is 0 Å². The average Bonchev–Trinajstić information content (AvgIpc) is 2.93. The third-order valence-electron chi connectivity index (χ3n) is 9.59. The number of aromatic nitrogens is 3. The molecule has 3 saturated carbocycles. The number of piperidine rings is 1. The highest BCUT2D eigenvalue weighted by atomic mass is 19.1. The Morgan fingerprint density at radius 2 is 1.96 bits per heavy atom. The molecule has 3 aromatic rings. The summed E-state index contributed by atoms with van der Waals surface area (Å²) in [6.07, 6.45) is 6.32. The second-order valence-electron chi connectivity index (χ2n) is 14.4. The Balaban J connectivity index is 1.06. The van der Waals surface area contributed by atoms with E-state index in [1.54, 1.807) is 30.6 Å². The molecule has 0 unspecified atom stereocenters. The minimum absolute atomic E-state index is 0.0754. The summed E-state index contributed by atoms with van der Waals surface area (Å²) < 4.78 is 27.0. The number of alkyl halides is 1. The van der Waals surface area contributed by atoms with Gasteiger partial charge in [0, 0.05) is 31.9 Å². The molecule has 12 heteroatoms. The molecule has 0 aromatic carbocycles. The van der Waals surface area contributed by atoms with Gasteiger partial charge >= 0.3 is 6.09 Å². The smallest absolute Gasteiger partial charge is 0.410 e. The van der Waals surface area contributed by atoms with Crippen molar-refractivity contribution in [3.05, 3.63) is 64.8 Å². The van der Waals surface area contributed by atoms with Gasteiger partial charge in [-0.05, 0) is 82.6 Å². The predicted octanol–water partition coefficient (Wildman–Crippen LogP) is 4.09. The third kappa shape index (κ3) is 5.43. The van der Waals surface area contributed by atoms with Crippen LogP contribution in [0.25, 0.3) is 5.65 Å². The van der Waals surface area contributed by atoms with Crippen molar-refractivity contribution in [2.45, 2.75) is 75.6 Å². The minimum atomic E-state index is -1.03. The van der Waals surface area contributed by atoms with Crippen molar-refractivity contribution in [3.63, 3.8) is 0 Å². The maximum Gasteiger partial charge on any atom is 0.410 e. The molecule has 5 fully saturated rings. The molecule has 3 aromatic heterocycles. The zero-order valence-electron chi connectivity index (χ0n) is 25.9. The molecular formula is C33H39FN6O5. The van der Waals surface area contributed by atoms with E-state index in [9.17, 15) is 18.8 Å². The Labute approximate surface area is 260 Å². The van der Waals surface area contributed by atoms with E-state index in [0.29, 0.717) is 43.7 Å². The number of hydrogen-bond acceptors (Lipinski definition) is 8. The number of pyridine rings is 2. The molecule has 0 spiro atoms. The summed E-state index contributed by atoms with van der Waals surface area (Å²) in [6, 6.07) is 10.2. The minimum Gasteiger partial charge on any atom is -0.444 e. The first-order valence-electron chi connectivity index (χ1n) is 15.6. The van der Waals surface area contributed by atoms with E-state index >= 15 is 0 Å². The van der Waals surface area contributed by atoms with Gasteiger partial charge in [0.05, 0.1) is 36.8 Å². The summed E-state index contributed by atoms with van der Waals surface area (Å²) in [7, 11) is 0. The van der Waals surface area contributed by atoms with Crippen molar-refractivity contribution in [2.75, 3.05) is 43.1 Å². The molecule has 1 N–H and O–H groups in total. The van der Waals surface area contributed by atoms with Gasteiger partial charge < -0.3 is 24.6 Å². The lowest BCUT2D eigenvalue weighted by Gasteiger charge is -2.67. The van der Waals surface area contributed by atoms with Crippen LogP contribution in [-0.4, -0.2) is 81.4 Å². The van der Waals surface area contributed by atoms with Gasteiger partial charge in [-0.3, -0.25) is 19.0 Å². The fourth-order valence-corrected chi connectivity index (χ4v) is 7.41. The van der Waals surface area contributed by atoms with Crippen LogP contribution in [0.2, 0.25) is 0 Å². The second kappa shape index (κ2) is 10.5. The van der Waals surface area contributed by atoms with E-state index in [1.807, 2.05) is 37.8 Å². The maximum absolute atomic E-state index is 14.3. The van der Waals surface area contributed by atoms with E-state index in [1.165, 1.54) is 10.5 Å². The number of nitrogens with zero attached hydrogens (tertiary/aromatic N) is 5. The summed E-state index contributed by atoms with van der Waals surface area (Å²) in [5.74, 6) is -0.163. The average molecular weight is 619 g/mol. The summed E-state index contributed by atoms with van der Waals surface area (Å²) in [6.45, 7) is 7.83. The monoisotopic (exact) mass is 618 g/mol. The Morgan fingerprint density at radius 3 is 2.60 bits per heavy atom. The Bertz CT molecular complexity index is 1680. The lowest BCUT2D eigenvalue weighted by molar-refractivity contribution is -0.221. The molecule has 238 valence electrons. The third-order valence-corrected chi connectivity index (χ3v) is 9.59. The number of carbonyl (C=O) groups is 2.